The van der Waals surface area contributed by atoms with E-state index in [0.29, 0.717) is 24.7 Å². The predicted octanol–water partition coefficient (Wildman–Crippen LogP) is 0.890. The summed E-state index contributed by atoms with van der Waals surface area (Å²) in [4.78, 5) is 11.5. The highest BCUT2D eigenvalue weighted by Crippen LogP contribution is 2.30. The van der Waals surface area contributed by atoms with E-state index >= 15 is 0 Å². The summed E-state index contributed by atoms with van der Waals surface area (Å²) in [7, 11) is 3.07. The first-order valence-electron chi connectivity index (χ1n) is 6.33. The van der Waals surface area contributed by atoms with Crippen molar-refractivity contribution in [1.29, 1.82) is 0 Å². The van der Waals surface area contributed by atoms with Crippen LogP contribution in [0.25, 0.3) is 0 Å². The van der Waals surface area contributed by atoms with Crippen molar-refractivity contribution >= 4 is 5.91 Å². The number of methoxy groups -OCH3 is 2. The second-order valence-electron chi connectivity index (χ2n) is 4.22. The number of benzene rings is 1. The molecule has 6 heteroatoms. The molecule has 1 aromatic rings. The van der Waals surface area contributed by atoms with E-state index < -0.39 is 6.10 Å². The molecule has 1 aromatic carbocycles. The van der Waals surface area contributed by atoms with Crippen LogP contribution in [0.5, 0.6) is 11.5 Å². The Labute approximate surface area is 118 Å². The van der Waals surface area contributed by atoms with E-state index in [1.165, 1.54) is 7.11 Å². The molecule has 2 N–H and O–H groups in total. The molecule has 0 aliphatic heterocycles. The standard InChI is InChI=1S/C14H21NO5/c1-10(16)11-4-5-12(13(8-11)19-3)20-9-14(17)15-6-7-18-2/h4-5,8,10,16H,6-7,9H2,1-3H3,(H,15,17). The van der Waals surface area contributed by atoms with E-state index in [4.69, 9.17) is 14.2 Å². The Morgan fingerprint density at radius 3 is 2.70 bits per heavy atom. The van der Waals surface area contributed by atoms with Crippen LogP contribution in [-0.4, -0.2) is 45.0 Å². The molecule has 1 atom stereocenters. The van der Waals surface area contributed by atoms with Crippen LogP contribution in [0.2, 0.25) is 0 Å². The van der Waals surface area contributed by atoms with Gasteiger partial charge in [0.05, 0.1) is 19.8 Å². The Morgan fingerprint density at radius 2 is 2.10 bits per heavy atom. The van der Waals surface area contributed by atoms with Gasteiger partial charge in [-0.25, -0.2) is 0 Å². The second-order valence-corrected chi connectivity index (χ2v) is 4.22. The number of hydrogen-bond donors (Lipinski definition) is 2. The summed E-state index contributed by atoms with van der Waals surface area (Å²) in [6.07, 6.45) is -0.588. The molecule has 0 saturated heterocycles. The van der Waals surface area contributed by atoms with E-state index in [9.17, 15) is 9.90 Å². The number of aliphatic hydroxyl groups excluding tert-OH is 1. The van der Waals surface area contributed by atoms with Crippen LogP contribution in [-0.2, 0) is 9.53 Å². The van der Waals surface area contributed by atoms with Crippen LogP contribution in [0.1, 0.15) is 18.6 Å². The zero-order valence-corrected chi connectivity index (χ0v) is 12.0. The molecular formula is C14H21NO5. The Morgan fingerprint density at radius 1 is 1.35 bits per heavy atom. The number of carbonyl (C=O) groups is 1. The van der Waals surface area contributed by atoms with Gasteiger partial charge >= 0.3 is 0 Å². The second kappa shape index (κ2) is 8.39. The van der Waals surface area contributed by atoms with E-state index in [-0.39, 0.29) is 12.5 Å². The lowest BCUT2D eigenvalue weighted by Gasteiger charge is -2.13. The largest absolute Gasteiger partial charge is 0.493 e. The third kappa shape index (κ3) is 5.07. The zero-order valence-electron chi connectivity index (χ0n) is 12.0. The van der Waals surface area contributed by atoms with Gasteiger partial charge in [-0.1, -0.05) is 6.07 Å². The van der Waals surface area contributed by atoms with Gasteiger partial charge in [0.2, 0.25) is 0 Å². The van der Waals surface area contributed by atoms with E-state index in [1.807, 2.05) is 0 Å². The topological polar surface area (TPSA) is 77.0 Å². The van der Waals surface area contributed by atoms with Crippen LogP contribution in [0, 0.1) is 0 Å². The number of carbonyl (C=O) groups excluding carboxylic acids is 1. The lowest BCUT2D eigenvalue weighted by atomic mass is 10.1. The fraction of sp³-hybridized carbons (Fsp3) is 0.500. The molecule has 20 heavy (non-hydrogen) atoms. The van der Waals surface area contributed by atoms with E-state index in [1.54, 1.807) is 32.2 Å². The quantitative estimate of drug-likeness (QED) is 0.693. The zero-order chi connectivity index (χ0) is 15.0. The van der Waals surface area contributed by atoms with Crippen molar-refractivity contribution in [2.45, 2.75) is 13.0 Å². The number of ether oxygens (including phenoxy) is 3. The van der Waals surface area contributed by atoms with Crippen LogP contribution < -0.4 is 14.8 Å². The lowest BCUT2D eigenvalue weighted by molar-refractivity contribution is -0.123. The summed E-state index contributed by atoms with van der Waals surface area (Å²) in [6, 6.07) is 5.08. The van der Waals surface area contributed by atoms with Crippen molar-refractivity contribution in [3.63, 3.8) is 0 Å². The number of aliphatic hydroxyl groups is 1. The molecule has 1 rings (SSSR count). The van der Waals surface area contributed by atoms with Gasteiger partial charge in [-0.2, -0.15) is 0 Å². The molecule has 0 fully saturated rings. The average molecular weight is 283 g/mol. The van der Waals surface area contributed by atoms with Gasteiger partial charge in [0, 0.05) is 13.7 Å². The predicted molar refractivity (Wildman–Crippen MR) is 74.0 cm³/mol. The molecule has 0 bridgehead atoms. The molecule has 0 heterocycles. The summed E-state index contributed by atoms with van der Waals surface area (Å²) in [5.41, 5.74) is 0.721. The molecule has 1 amide bonds. The summed E-state index contributed by atoms with van der Waals surface area (Å²) in [5.74, 6) is 0.704. The van der Waals surface area contributed by atoms with Crippen molar-refractivity contribution in [3.05, 3.63) is 23.8 Å². The molecule has 1 unspecified atom stereocenters. The van der Waals surface area contributed by atoms with Gasteiger partial charge < -0.3 is 24.6 Å². The van der Waals surface area contributed by atoms with E-state index in [0.717, 1.165) is 5.56 Å². The first-order chi connectivity index (χ1) is 9.58. The number of hydrogen-bond acceptors (Lipinski definition) is 5. The molecule has 112 valence electrons. The first kappa shape index (κ1) is 16.3. The van der Waals surface area contributed by atoms with Gasteiger partial charge in [0.15, 0.2) is 18.1 Å². The van der Waals surface area contributed by atoms with Crippen molar-refractivity contribution in [1.82, 2.24) is 5.32 Å². The average Bonchev–Trinajstić information content (AvgIpc) is 2.45. The molecule has 6 nitrogen and oxygen atoms in total. The Kier molecular flexibility index (Phi) is 6.83. The van der Waals surface area contributed by atoms with Gasteiger partial charge in [-0.15, -0.1) is 0 Å². The maximum Gasteiger partial charge on any atom is 0.258 e. The fourth-order valence-electron chi connectivity index (χ4n) is 1.55. The first-order valence-corrected chi connectivity index (χ1v) is 6.33. The minimum Gasteiger partial charge on any atom is -0.493 e. The van der Waals surface area contributed by atoms with Crippen LogP contribution in [0.15, 0.2) is 18.2 Å². The molecule has 0 aliphatic carbocycles. The number of rotatable bonds is 8. The van der Waals surface area contributed by atoms with Gasteiger partial charge in [0.1, 0.15) is 0 Å². The van der Waals surface area contributed by atoms with Gasteiger partial charge in [-0.05, 0) is 24.6 Å². The van der Waals surface area contributed by atoms with Gasteiger partial charge in [-0.3, -0.25) is 4.79 Å². The highest BCUT2D eigenvalue weighted by Gasteiger charge is 2.10. The third-order valence-corrected chi connectivity index (χ3v) is 2.66. The molecule has 0 saturated carbocycles. The Hall–Kier alpha value is -1.79. The maximum atomic E-state index is 11.5. The van der Waals surface area contributed by atoms with Gasteiger partial charge in [0.25, 0.3) is 5.91 Å². The molecule has 0 aliphatic rings. The van der Waals surface area contributed by atoms with Crippen LogP contribution in [0.4, 0.5) is 0 Å². The van der Waals surface area contributed by atoms with E-state index in [2.05, 4.69) is 5.32 Å². The SMILES string of the molecule is COCCNC(=O)COc1ccc(C(C)O)cc1OC. The number of amides is 1. The van der Waals surface area contributed by atoms with Crippen molar-refractivity contribution in [2.24, 2.45) is 0 Å². The summed E-state index contributed by atoms with van der Waals surface area (Å²) < 4.78 is 15.4. The Balaban J connectivity index is 2.57. The molecule has 0 radical (unpaired) electrons. The maximum absolute atomic E-state index is 11.5. The Bertz CT molecular complexity index is 434. The minimum atomic E-state index is -0.588. The highest BCUT2D eigenvalue weighted by atomic mass is 16.5. The number of nitrogens with one attached hydrogen (secondary N) is 1. The molecule has 0 aromatic heterocycles. The monoisotopic (exact) mass is 283 g/mol. The highest BCUT2D eigenvalue weighted by molar-refractivity contribution is 5.77. The third-order valence-electron chi connectivity index (χ3n) is 2.66. The normalized spacial score (nSPS) is 11.8. The molecule has 0 spiro atoms. The van der Waals surface area contributed by atoms with Crippen LogP contribution >= 0.6 is 0 Å². The summed E-state index contributed by atoms with van der Waals surface area (Å²) in [5, 5.41) is 12.2. The van der Waals surface area contributed by atoms with Crippen molar-refractivity contribution < 1.29 is 24.1 Å². The van der Waals surface area contributed by atoms with Crippen molar-refractivity contribution in [3.8, 4) is 11.5 Å². The van der Waals surface area contributed by atoms with Crippen molar-refractivity contribution in [2.75, 3.05) is 34.0 Å². The fourth-order valence-corrected chi connectivity index (χ4v) is 1.55. The summed E-state index contributed by atoms with van der Waals surface area (Å²) in [6.45, 7) is 2.46. The van der Waals surface area contributed by atoms with Crippen LogP contribution in [0.3, 0.4) is 0 Å². The lowest BCUT2D eigenvalue weighted by Crippen LogP contribution is -2.31. The minimum absolute atomic E-state index is 0.103. The smallest absolute Gasteiger partial charge is 0.258 e. The summed E-state index contributed by atoms with van der Waals surface area (Å²) >= 11 is 0. The molecular weight excluding hydrogens is 262 g/mol.